The van der Waals surface area contributed by atoms with Crippen LogP contribution in [0.3, 0.4) is 0 Å². The number of rotatable bonds is 8. The van der Waals surface area contributed by atoms with E-state index >= 15 is 4.39 Å². The van der Waals surface area contributed by atoms with Gasteiger partial charge < -0.3 is 20.8 Å². The number of hydrogen-bond acceptors (Lipinski definition) is 6. The number of hydrogen-bond donors (Lipinski definition) is 4. The highest BCUT2D eigenvalue weighted by Crippen LogP contribution is 2.51. The predicted octanol–water partition coefficient (Wildman–Crippen LogP) is 3.71. The molecule has 1 amide bonds. The number of carbonyl (C=O) groups is 1. The summed E-state index contributed by atoms with van der Waals surface area (Å²) >= 11 is 12.2. The van der Waals surface area contributed by atoms with Crippen LogP contribution in [0.4, 0.5) is 4.39 Å². The molecular weight excluding hydrogens is 506 g/mol. The van der Waals surface area contributed by atoms with E-state index in [0.29, 0.717) is 17.1 Å². The van der Waals surface area contributed by atoms with E-state index in [0.717, 1.165) is 0 Å². The summed E-state index contributed by atoms with van der Waals surface area (Å²) in [4.78, 5) is 17.9. The van der Waals surface area contributed by atoms with Gasteiger partial charge in [-0.2, -0.15) is 5.26 Å². The van der Waals surface area contributed by atoms with Gasteiger partial charge in [0.1, 0.15) is 11.2 Å². The SMILES string of the molecule is CC(C)(C)C[C@@H]1N[C@@H](C(=O)NCC[C@H](O)CO)[C@H](c2cccc(Cl)c2F)[C@@]1(C#N)c1ccc(Cl)cn1. The molecule has 1 aromatic heterocycles. The summed E-state index contributed by atoms with van der Waals surface area (Å²) in [5.41, 5.74) is -1.19. The Morgan fingerprint density at radius 3 is 2.64 bits per heavy atom. The van der Waals surface area contributed by atoms with Crippen LogP contribution in [0.1, 0.15) is 50.8 Å². The largest absolute Gasteiger partial charge is 0.394 e. The molecular formula is C26H31Cl2FN4O3. The molecule has 0 bridgehead atoms. The number of amides is 1. The van der Waals surface area contributed by atoms with Crippen molar-refractivity contribution in [3.05, 3.63) is 63.6 Å². The smallest absolute Gasteiger partial charge is 0.237 e. The van der Waals surface area contributed by atoms with Crippen LogP contribution in [0.25, 0.3) is 0 Å². The van der Waals surface area contributed by atoms with Crippen LogP contribution in [-0.4, -0.2) is 52.4 Å². The van der Waals surface area contributed by atoms with Crippen molar-refractivity contribution in [1.29, 1.82) is 5.26 Å². The fraction of sp³-hybridized carbons (Fsp3) is 0.500. The zero-order valence-corrected chi connectivity index (χ0v) is 21.9. The van der Waals surface area contributed by atoms with Gasteiger partial charge in [0.25, 0.3) is 0 Å². The minimum absolute atomic E-state index is 0.0895. The predicted molar refractivity (Wildman–Crippen MR) is 136 cm³/mol. The quantitative estimate of drug-likeness (QED) is 0.408. The highest BCUT2D eigenvalue weighted by atomic mass is 35.5. The lowest BCUT2D eigenvalue weighted by Crippen LogP contribution is -2.46. The number of nitrogens with one attached hydrogen (secondary N) is 2. The maximum atomic E-state index is 15.5. The summed E-state index contributed by atoms with van der Waals surface area (Å²) in [5.74, 6) is -2.15. The number of nitriles is 1. The number of aliphatic hydroxyl groups excluding tert-OH is 2. The normalized spacial score (nSPS) is 24.8. The van der Waals surface area contributed by atoms with Crippen molar-refractivity contribution < 1.29 is 19.4 Å². The van der Waals surface area contributed by atoms with E-state index in [-0.39, 0.29) is 29.0 Å². The van der Waals surface area contributed by atoms with E-state index < -0.39 is 47.9 Å². The van der Waals surface area contributed by atoms with Crippen LogP contribution < -0.4 is 10.6 Å². The van der Waals surface area contributed by atoms with Crippen molar-refractivity contribution in [1.82, 2.24) is 15.6 Å². The fourth-order valence-electron chi connectivity index (χ4n) is 4.90. The van der Waals surface area contributed by atoms with Gasteiger partial charge in [0, 0.05) is 24.7 Å². The molecule has 5 atom stereocenters. The van der Waals surface area contributed by atoms with Crippen molar-refractivity contribution in [3.8, 4) is 6.07 Å². The molecule has 0 saturated carbocycles. The number of benzene rings is 1. The average Bonchev–Trinajstić information content (AvgIpc) is 3.14. The number of halogens is 3. The zero-order chi connectivity index (χ0) is 26.7. The highest BCUT2D eigenvalue weighted by Gasteiger charge is 2.61. The molecule has 1 aliphatic rings. The molecule has 2 heterocycles. The number of carbonyl (C=O) groups excluding carboxylic acids is 1. The number of nitrogens with zero attached hydrogens (tertiary/aromatic N) is 2. The Morgan fingerprint density at radius 2 is 2.06 bits per heavy atom. The summed E-state index contributed by atoms with van der Waals surface area (Å²) in [6.45, 7) is 5.72. The first-order chi connectivity index (χ1) is 16.9. The maximum Gasteiger partial charge on any atom is 0.237 e. The topological polar surface area (TPSA) is 118 Å². The fourth-order valence-corrected chi connectivity index (χ4v) is 5.19. The van der Waals surface area contributed by atoms with E-state index in [2.05, 4.69) is 21.7 Å². The van der Waals surface area contributed by atoms with Crippen LogP contribution in [0.2, 0.25) is 10.0 Å². The van der Waals surface area contributed by atoms with Crippen LogP contribution >= 0.6 is 23.2 Å². The Kier molecular flexibility index (Phi) is 8.97. The Morgan fingerprint density at radius 1 is 1.33 bits per heavy atom. The molecule has 2 aromatic rings. The van der Waals surface area contributed by atoms with Crippen molar-refractivity contribution in [3.63, 3.8) is 0 Å². The third-order valence-electron chi connectivity index (χ3n) is 6.49. The molecule has 1 aliphatic heterocycles. The van der Waals surface area contributed by atoms with Gasteiger partial charge in [0.05, 0.1) is 40.6 Å². The summed E-state index contributed by atoms with van der Waals surface area (Å²) < 4.78 is 15.5. The van der Waals surface area contributed by atoms with Crippen molar-refractivity contribution in [2.75, 3.05) is 13.2 Å². The molecule has 0 radical (unpaired) electrons. The molecule has 194 valence electrons. The van der Waals surface area contributed by atoms with E-state index in [1.165, 1.54) is 18.3 Å². The molecule has 0 aliphatic carbocycles. The number of aromatic nitrogens is 1. The second-order valence-corrected chi connectivity index (χ2v) is 11.2. The van der Waals surface area contributed by atoms with E-state index in [4.69, 9.17) is 28.3 Å². The van der Waals surface area contributed by atoms with Gasteiger partial charge in [-0.25, -0.2) is 4.39 Å². The first-order valence-corrected chi connectivity index (χ1v) is 12.5. The van der Waals surface area contributed by atoms with Crippen LogP contribution in [0, 0.1) is 22.6 Å². The standard InChI is InChI=1S/C26H31Cl2FN4O3/c1-25(2,3)11-20-26(14-30,19-8-7-15(27)12-32-19)21(17-5-4-6-18(28)22(17)29)23(33-20)24(36)31-10-9-16(35)13-34/h4-8,12,16,20-21,23,33-35H,9-11,13H2,1-3H3,(H,31,36)/t16-,20-,21-,23+,26-/m0/s1. The molecule has 1 aromatic carbocycles. The lowest BCUT2D eigenvalue weighted by Gasteiger charge is -2.36. The molecule has 0 unspecified atom stereocenters. The number of pyridine rings is 1. The zero-order valence-electron chi connectivity index (χ0n) is 20.4. The van der Waals surface area contributed by atoms with Gasteiger partial charge in [-0.05, 0) is 42.0 Å². The van der Waals surface area contributed by atoms with Gasteiger partial charge in [-0.3, -0.25) is 9.78 Å². The molecule has 36 heavy (non-hydrogen) atoms. The van der Waals surface area contributed by atoms with Gasteiger partial charge >= 0.3 is 0 Å². The molecule has 10 heteroatoms. The Labute approximate surface area is 220 Å². The minimum Gasteiger partial charge on any atom is -0.394 e. The molecule has 4 N–H and O–H groups in total. The second-order valence-electron chi connectivity index (χ2n) is 10.3. The van der Waals surface area contributed by atoms with Crippen LogP contribution in [0.15, 0.2) is 36.5 Å². The third kappa shape index (κ3) is 5.82. The maximum absolute atomic E-state index is 15.5. The van der Waals surface area contributed by atoms with Crippen molar-refractivity contribution in [2.24, 2.45) is 5.41 Å². The van der Waals surface area contributed by atoms with Gasteiger partial charge in [0.2, 0.25) is 5.91 Å². The van der Waals surface area contributed by atoms with Crippen LogP contribution in [-0.2, 0) is 10.2 Å². The summed E-state index contributed by atoms with van der Waals surface area (Å²) in [6, 6.07) is 8.62. The first kappa shape index (κ1) is 28.3. The van der Waals surface area contributed by atoms with Gasteiger partial charge in [-0.15, -0.1) is 0 Å². The van der Waals surface area contributed by atoms with Crippen LogP contribution in [0.5, 0.6) is 0 Å². The number of aliphatic hydroxyl groups is 2. The Hall–Kier alpha value is -2.28. The lowest BCUT2D eigenvalue weighted by atomic mass is 9.64. The third-order valence-corrected chi connectivity index (χ3v) is 7.01. The Balaban J connectivity index is 2.19. The van der Waals surface area contributed by atoms with Crippen molar-refractivity contribution in [2.45, 2.75) is 63.1 Å². The van der Waals surface area contributed by atoms with Gasteiger partial charge in [0.15, 0.2) is 0 Å². The Bertz CT molecular complexity index is 1120. The lowest BCUT2D eigenvalue weighted by molar-refractivity contribution is -0.123. The van der Waals surface area contributed by atoms with E-state index in [1.807, 2.05) is 20.8 Å². The summed E-state index contributed by atoms with van der Waals surface area (Å²) in [5, 5.41) is 35.8. The summed E-state index contributed by atoms with van der Waals surface area (Å²) in [7, 11) is 0. The minimum atomic E-state index is -1.43. The second kappa shape index (κ2) is 11.4. The monoisotopic (exact) mass is 536 g/mol. The molecule has 0 spiro atoms. The molecule has 1 fully saturated rings. The van der Waals surface area contributed by atoms with E-state index in [1.54, 1.807) is 18.2 Å². The van der Waals surface area contributed by atoms with Crippen molar-refractivity contribution >= 4 is 29.1 Å². The molecule has 1 saturated heterocycles. The summed E-state index contributed by atoms with van der Waals surface area (Å²) in [6.07, 6.45) is 1.07. The van der Waals surface area contributed by atoms with Gasteiger partial charge in [-0.1, -0.05) is 56.1 Å². The molecule has 3 rings (SSSR count). The van der Waals surface area contributed by atoms with E-state index in [9.17, 15) is 15.2 Å². The average molecular weight is 537 g/mol. The highest BCUT2D eigenvalue weighted by molar-refractivity contribution is 6.31. The first-order valence-electron chi connectivity index (χ1n) is 11.7. The molecule has 7 nitrogen and oxygen atoms in total.